The lowest BCUT2D eigenvalue weighted by molar-refractivity contribution is 0.0652. The first-order chi connectivity index (χ1) is 18.4. The fraction of sp³-hybridized carbons (Fsp3) is 0.160. The zero-order valence-corrected chi connectivity index (χ0v) is 23.5. The van der Waals surface area contributed by atoms with Gasteiger partial charge in [0.2, 0.25) is 16.9 Å². The van der Waals surface area contributed by atoms with Gasteiger partial charge >= 0.3 is 11.9 Å². The second-order valence-electron chi connectivity index (χ2n) is 7.83. The molecule has 3 N–H and O–H groups in total. The Balaban J connectivity index is 2.40. The Kier molecular flexibility index (Phi) is 8.03. The first-order valence-electron chi connectivity index (χ1n) is 10.9. The van der Waals surface area contributed by atoms with Gasteiger partial charge in [0.1, 0.15) is 0 Å². The molecule has 0 radical (unpaired) electrons. The van der Waals surface area contributed by atoms with Crippen molar-refractivity contribution in [2.45, 2.75) is 13.8 Å². The summed E-state index contributed by atoms with van der Waals surface area (Å²) in [6.45, 7) is 3.33. The summed E-state index contributed by atoms with van der Waals surface area (Å²) in [5.41, 5.74) is -2.74. The van der Waals surface area contributed by atoms with Crippen molar-refractivity contribution in [3.8, 4) is 39.7 Å². The third kappa shape index (κ3) is 4.58. The van der Waals surface area contributed by atoms with Crippen LogP contribution in [0.25, 0.3) is 33.4 Å². The van der Waals surface area contributed by atoms with Crippen molar-refractivity contribution in [1.29, 1.82) is 0 Å². The first kappa shape index (κ1) is 28.9. The number of halogens is 5. The quantitative estimate of drug-likeness (QED) is 0.137. The smallest absolute Gasteiger partial charge is 0.338 e. The van der Waals surface area contributed by atoms with Crippen LogP contribution < -0.4 is 14.9 Å². The molecule has 2 aromatic rings. The molecule has 0 aromatic heterocycles. The molecule has 0 unspecified atom stereocenters. The largest absolute Gasteiger partial charge is 0.503 e. The van der Waals surface area contributed by atoms with E-state index >= 15 is 0 Å². The maximum Gasteiger partial charge on any atom is 0.338 e. The molecule has 2 aromatic carbocycles. The van der Waals surface area contributed by atoms with Gasteiger partial charge in [0.05, 0.1) is 49.5 Å². The molecule has 0 fully saturated rings. The fourth-order valence-electron chi connectivity index (χ4n) is 4.12. The molecule has 0 spiro atoms. The summed E-state index contributed by atoms with van der Waals surface area (Å²) in [4.78, 5) is 37.0. The van der Waals surface area contributed by atoms with Crippen molar-refractivity contribution >= 4 is 80.9 Å². The van der Waals surface area contributed by atoms with Crippen LogP contribution >= 0.6 is 58.0 Å². The number of aromatic hydroxyl groups is 1. The first-order valence-corrected chi connectivity index (χ1v) is 12.8. The minimum absolute atomic E-state index is 0.00621. The molecular weight excluding hydrogens is 622 g/mol. The number of aromatic carboxylic acids is 2. The number of carboxylic acids is 2. The highest BCUT2D eigenvalue weighted by Gasteiger charge is 2.34. The Morgan fingerprint density at radius 3 is 1.95 bits per heavy atom. The van der Waals surface area contributed by atoms with E-state index in [9.17, 15) is 29.7 Å². The molecule has 4 rings (SSSR count). The van der Waals surface area contributed by atoms with Gasteiger partial charge in [-0.25, -0.2) is 9.59 Å². The third-order valence-electron chi connectivity index (χ3n) is 5.63. The van der Waals surface area contributed by atoms with Crippen molar-refractivity contribution in [2.75, 3.05) is 13.2 Å². The number of carboxylic acid groups (broad SMARTS) is 2. The standard InChI is InChI=1S/C25H15Cl5O9/c1-3-37-22-18(31)9(26)5-7-11(8-6-10(27)19(32)23(38-4-2)21(8)39-20(7)22)12-15(28)13(24(33)34)14(25(35)36)17(30)16(12)29/h5-6,31H,3-4H2,1-2H3,(H,33,34)(H,35,36). The Hall–Kier alpha value is -3.08. The van der Waals surface area contributed by atoms with Crippen molar-refractivity contribution < 1.29 is 38.8 Å². The zero-order valence-electron chi connectivity index (χ0n) is 19.7. The molecule has 204 valence electrons. The Labute approximate surface area is 244 Å². The van der Waals surface area contributed by atoms with Crippen molar-refractivity contribution in [3.05, 3.63) is 58.6 Å². The third-order valence-corrected chi connectivity index (χ3v) is 7.43. The topological polar surface area (TPSA) is 144 Å². The monoisotopic (exact) mass is 634 g/mol. The summed E-state index contributed by atoms with van der Waals surface area (Å²) in [6.07, 6.45) is 0. The van der Waals surface area contributed by atoms with Crippen molar-refractivity contribution in [3.63, 3.8) is 0 Å². The lowest BCUT2D eigenvalue weighted by Crippen LogP contribution is -2.13. The summed E-state index contributed by atoms with van der Waals surface area (Å²) in [5.74, 6) is -4.58. The molecule has 1 aliphatic carbocycles. The van der Waals surface area contributed by atoms with E-state index in [1.54, 1.807) is 13.8 Å². The number of fused-ring (bicyclic) bond motifs is 2. The molecule has 0 saturated heterocycles. The van der Waals surface area contributed by atoms with Crippen molar-refractivity contribution in [2.24, 2.45) is 0 Å². The van der Waals surface area contributed by atoms with E-state index in [0.29, 0.717) is 0 Å². The molecule has 0 atom stereocenters. The number of hydrogen-bond acceptors (Lipinski definition) is 7. The maximum absolute atomic E-state index is 12.9. The van der Waals surface area contributed by atoms with E-state index in [1.807, 2.05) is 0 Å². The highest BCUT2D eigenvalue weighted by atomic mass is 35.5. The van der Waals surface area contributed by atoms with Crippen LogP contribution in [0.15, 0.2) is 21.3 Å². The Bertz CT molecular complexity index is 1730. The van der Waals surface area contributed by atoms with Crippen molar-refractivity contribution in [1.82, 2.24) is 0 Å². The second-order valence-corrected chi connectivity index (χ2v) is 9.77. The predicted octanol–water partition coefficient (Wildman–Crippen LogP) is 7.73. The van der Waals surface area contributed by atoms with E-state index in [0.717, 1.165) is 0 Å². The number of hydrogen-bond donors (Lipinski definition) is 3. The van der Waals surface area contributed by atoms with Gasteiger partial charge in [-0.15, -0.1) is 0 Å². The second kappa shape index (κ2) is 10.8. The maximum atomic E-state index is 12.9. The van der Waals surface area contributed by atoms with Crippen LogP contribution in [0.4, 0.5) is 0 Å². The number of phenolic OH excluding ortho intramolecular Hbond substituents is 1. The summed E-state index contributed by atoms with van der Waals surface area (Å²) >= 11 is 32.0. The highest BCUT2D eigenvalue weighted by Crippen LogP contribution is 2.54. The number of rotatable bonds is 7. The lowest BCUT2D eigenvalue weighted by atomic mass is 9.90. The van der Waals surface area contributed by atoms with Gasteiger partial charge in [-0.05, 0) is 26.0 Å². The van der Waals surface area contributed by atoms with E-state index in [-0.39, 0.29) is 68.2 Å². The highest BCUT2D eigenvalue weighted by molar-refractivity contribution is 6.50. The van der Waals surface area contributed by atoms with Crippen LogP contribution in [0.3, 0.4) is 0 Å². The van der Waals surface area contributed by atoms with E-state index in [2.05, 4.69) is 0 Å². The van der Waals surface area contributed by atoms with Crippen LogP contribution in [0.2, 0.25) is 25.1 Å². The molecule has 9 nitrogen and oxygen atoms in total. The summed E-state index contributed by atoms with van der Waals surface area (Å²) in [7, 11) is 0. The molecule has 1 heterocycles. The zero-order chi connectivity index (χ0) is 28.9. The van der Waals surface area contributed by atoms with Crippen LogP contribution in [-0.2, 0) is 0 Å². The SMILES string of the molecule is CCOc1c2oc3c(OCC)c(O)c(Cl)cc3c(-c3c(Cl)c(Cl)c(C(=O)O)c(C(=O)O)c3Cl)c-2cc(Cl)c1=O. The minimum Gasteiger partial charge on any atom is -0.503 e. The molecule has 0 saturated carbocycles. The van der Waals surface area contributed by atoms with Crippen LogP contribution in [0.1, 0.15) is 34.6 Å². The Morgan fingerprint density at radius 1 is 0.821 bits per heavy atom. The van der Waals surface area contributed by atoms with Gasteiger partial charge in [0, 0.05) is 22.1 Å². The number of ether oxygens (including phenoxy) is 2. The van der Waals surface area contributed by atoms with E-state index in [1.165, 1.54) is 12.1 Å². The van der Waals surface area contributed by atoms with Crippen LogP contribution in [0, 0.1) is 0 Å². The average molecular weight is 637 g/mol. The summed E-state index contributed by atoms with van der Waals surface area (Å²) in [5, 5.41) is 28.1. The number of benzene rings is 3. The summed E-state index contributed by atoms with van der Waals surface area (Å²) in [6, 6.07) is 2.48. The van der Waals surface area contributed by atoms with Gasteiger partial charge < -0.3 is 29.2 Å². The number of carbonyl (C=O) groups is 2. The van der Waals surface area contributed by atoms with E-state index < -0.39 is 49.3 Å². The average Bonchev–Trinajstić information content (AvgIpc) is 2.87. The van der Waals surface area contributed by atoms with Crippen LogP contribution in [0.5, 0.6) is 17.2 Å². The Morgan fingerprint density at radius 2 is 1.38 bits per heavy atom. The van der Waals surface area contributed by atoms with Gasteiger partial charge in [-0.2, -0.15) is 0 Å². The van der Waals surface area contributed by atoms with Gasteiger partial charge in [-0.3, -0.25) is 4.79 Å². The molecule has 0 amide bonds. The van der Waals surface area contributed by atoms with Gasteiger partial charge in [0.15, 0.2) is 17.1 Å². The molecule has 1 aliphatic heterocycles. The predicted molar refractivity (Wildman–Crippen MR) is 148 cm³/mol. The molecule has 0 bridgehead atoms. The summed E-state index contributed by atoms with van der Waals surface area (Å²) < 4.78 is 17.2. The number of phenols is 1. The minimum atomic E-state index is -1.70. The molecule has 14 heteroatoms. The lowest BCUT2D eigenvalue weighted by Gasteiger charge is -2.22. The van der Waals surface area contributed by atoms with Gasteiger partial charge in [-0.1, -0.05) is 58.0 Å². The molecule has 2 aliphatic rings. The molecular formula is C25H15Cl5O9. The van der Waals surface area contributed by atoms with E-state index in [4.69, 9.17) is 71.9 Å². The molecule has 39 heavy (non-hydrogen) atoms. The van der Waals surface area contributed by atoms with Gasteiger partial charge in [0.25, 0.3) is 0 Å². The normalized spacial score (nSPS) is 11.3. The van der Waals surface area contributed by atoms with Crippen LogP contribution in [-0.4, -0.2) is 40.5 Å². The fourth-order valence-corrected chi connectivity index (χ4v) is 5.47.